The summed E-state index contributed by atoms with van der Waals surface area (Å²) in [5.41, 5.74) is 1.14. The predicted octanol–water partition coefficient (Wildman–Crippen LogP) is 4.19. The van der Waals surface area contributed by atoms with Crippen LogP contribution in [0.25, 0.3) is 0 Å². The molecule has 0 radical (unpaired) electrons. The molecule has 6 heteroatoms. The first kappa shape index (κ1) is 22.6. The van der Waals surface area contributed by atoms with Crippen molar-refractivity contribution in [2.75, 3.05) is 13.2 Å². The Morgan fingerprint density at radius 1 is 1.10 bits per heavy atom. The van der Waals surface area contributed by atoms with Crippen LogP contribution in [0.4, 0.5) is 0 Å². The van der Waals surface area contributed by atoms with Gasteiger partial charge in [0.25, 0.3) is 5.91 Å². The number of nitrogens with zero attached hydrogens (tertiary/aromatic N) is 1. The van der Waals surface area contributed by atoms with Crippen LogP contribution >= 0.6 is 22.6 Å². The molecule has 1 aliphatic rings. The maximum atomic E-state index is 13.0. The molecule has 5 nitrogen and oxygen atoms in total. The highest BCUT2D eigenvalue weighted by Crippen LogP contribution is 2.18. The zero-order valence-corrected chi connectivity index (χ0v) is 19.5. The summed E-state index contributed by atoms with van der Waals surface area (Å²) in [6.45, 7) is 2.19. The lowest BCUT2D eigenvalue weighted by molar-refractivity contribution is -0.141. The zero-order valence-electron chi connectivity index (χ0n) is 17.4. The Morgan fingerprint density at radius 3 is 2.43 bits per heavy atom. The smallest absolute Gasteiger partial charge is 0.261 e. The van der Waals surface area contributed by atoms with Crippen LogP contribution in [0.3, 0.4) is 0 Å². The molecule has 0 aliphatic heterocycles. The van der Waals surface area contributed by atoms with Gasteiger partial charge in [-0.3, -0.25) is 9.59 Å². The molecule has 1 atom stereocenters. The van der Waals surface area contributed by atoms with Crippen molar-refractivity contribution in [1.29, 1.82) is 0 Å². The molecule has 30 heavy (non-hydrogen) atoms. The van der Waals surface area contributed by atoms with Gasteiger partial charge in [-0.25, -0.2) is 0 Å². The number of ether oxygens (including phenoxy) is 1. The van der Waals surface area contributed by atoms with E-state index in [9.17, 15) is 9.59 Å². The number of benzene rings is 2. The molecule has 1 fully saturated rings. The van der Waals surface area contributed by atoms with E-state index in [0.29, 0.717) is 18.7 Å². The van der Waals surface area contributed by atoms with Gasteiger partial charge in [-0.05, 0) is 78.6 Å². The van der Waals surface area contributed by atoms with Crippen molar-refractivity contribution in [3.8, 4) is 5.75 Å². The lowest BCUT2D eigenvalue weighted by Crippen LogP contribution is -2.51. The number of halogens is 1. The largest absolute Gasteiger partial charge is 0.484 e. The summed E-state index contributed by atoms with van der Waals surface area (Å²) in [7, 11) is 0. The maximum Gasteiger partial charge on any atom is 0.261 e. The van der Waals surface area contributed by atoms with Gasteiger partial charge in [0.1, 0.15) is 11.8 Å². The third-order valence-electron chi connectivity index (χ3n) is 5.53. The molecule has 0 unspecified atom stereocenters. The zero-order chi connectivity index (χ0) is 21.3. The fourth-order valence-electron chi connectivity index (χ4n) is 3.72. The molecule has 0 saturated heterocycles. The molecule has 3 rings (SSSR count). The van der Waals surface area contributed by atoms with Crippen molar-refractivity contribution in [3.63, 3.8) is 0 Å². The van der Waals surface area contributed by atoms with Gasteiger partial charge in [0, 0.05) is 16.2 Å². The van der Waals surface area contributed by atoms with E-state index in [-0.39, 0.29) is 24.5 Å². The van der Waals surface area contributed by atoms with Gasteiger partial charge < -0.3 is 15.0 Å². The summed E-state index contributed by atoms with van der Waals surface area (Å²) >= 11 is 2.23. The molecule has 2 aromatic carbocycles. The van der Waals surface area contributed by atoms with Crippen LogP contribution in [-0.4, -0.2) is 41.9 Å². The molecule has 1 saturated carbocycles. The van der Waals surface area contributed by atoms with Crippen LogP contribution in [0.5, 0.6) is 5.75 Å². The molecule has 2 aromatic rings. The predicted molar refractivity (Wildman–Crippen MR) is 126 cm³/mol. The second-order valence-corrected chi connectivity index (χ2v) is 8.98. The fraction of sp³-hybridized carbons (Fsp3) is 0.417. The monoisotopic (exact) mass is 520 g/mol. The molecule has 1 aliphatic carbocycles. The highest BCUT2D eigenvalue weighted by Gasteiger charge is 2.28. The Bertz CT molecular complexity index is 820. The van der Waals surface area contributed by atoms with Crippen molar-refractivity contribution < 1.29 is 14.3 Å². The molecule has 0 heterocycles. The van der Waals surface area contributed by atoms with Gasteiger partial charge in [0.05, 0.1) is 0 Å². The lowest BCUT2D eigenvalue weighted by Gasteiger charge is -2.29. The number of hydrogen-bond acceptors (Lipinski definition) is 3. The summed E-state index contributed by atoms with van der Waals surface area (Å²) in [6, 6.07) is 17.3. The summed E-state index contributed by atoms with van der Waals surface area (Å²) in [5.74, 6) is 0.381. The first-order chi connectivity index (χ1) is 14.5. The maximum absolute atomic E-state index is 13.0. The number of carbonyl (C=O) groups excluding carboxylic acids is 2. The molecular formula is C24H29IN2O3. The Morgan fingerprint density at radius 2 is 1.77 bits per heavy atom. The number of nitrogens with one attached hydrogen (secondary N) is 1. The van der Waals surface area contributed by atoms with Gasteiger partial charge in [0.2, 0.25) is 5.91 Å². The molecule has 160 valence electrons. The Labute approximate surface area is 192 Å². The van der Waals surface area contributed by atoms with E-state index in [1.165, 1.54) is 0 Å². The van der Waals surface area contributed by atoms with E-state index in [1.807, 2.05) is 54.6 Å². The van der Waals surface area contributed by atoms with Crippen LogP contribution in [0.15, 0.2) is 54.6 Å². The first-order valence-corrected chi connectivity index (χ1v) is 11.6. The van der Waals surface area contributed by atoms with Crippen LogP contribution in [0.1, 0.15) is 38.2 Å². The normalized spacial score (nSPS) is 14.9. The van der Waals surface area contributed by atoms with Gasteiger partial charge in [-0.15, -0.1) is 0 Å². The number of hydrogen-bond donors (Lipinski definition) is 1. The van der Waals surface area contributed by atoms with Crippen LogP contribution in [0.2, 0.25) is 0 Å². The average Bonchev–Trinajstić information content (AvgIpc) is 3.27. The van der Waals surface area contributed by atoms with E-state index in [4.69, 9.17) is 4.74 Å². The van der Waals surface area contributed by atoms with Crippen molar-refractivity contribution in [2.24, 2.45) is 0 Å². The third kappa shape index (κ3) is 6.72. The van der Waals surface area contributed by atoms with Gasteiger partial charge >= 0.3 is 0 Å². The molecule has 0 spiro atoms. The highest BCUT2D eigenvalue weighted by molar-refractivity contribution is 14.1. The topological polar surface area (TPSA) is 58.6 Å². The first-order valence-electron chi connectivity index (χ1n) is 10.5. The second kappa shape index (κ2) is 11.3. The lowest BCUT2D eigenvalue weighted by atomic mass is 10.1. The fourth-order valence-corrected chi connectivity index (χ4v) is 4.08. The van der Waals surface area contributed by atoms with Crippen LogP contribution in [0, 0.1) is 3.57 Å². The van der Waals surface area contributed by atoms with E-state index in [1.54, 1.807) is 11.8 Å². The molecule has 0 aromatic heterocycles. The van der Waals surface area contributed by atoms with Crippen molar-refractivity contribution in [2.45, 2.75) is 51.1 Å². The van der Waals surface area contributed by atoms with Crippen LogP contribution in [-0.2, 0) is 16.0 Å². The second-order valence-electron chi connectivity index (χ2n) is 7.73. The van der Waals surface area contributed by atoms with Gasteiger partial charge in [-0.1, -0.05) is 43.2 Å². The Kier molecular flexibility index (Phi) is 8.54. The summed E-state index contributed by atoms with van der Waals surface area (Å²) in [4.78, 5) is 27.5. The average molecular weight is 520 g/mol. The van der Waals surface area contributed by atoms with Gasteiger partial charge in [-0.2, -0.15) is 0 Å². The number of rotatable bonds is 9. The van der Waals surface area contributed by atoms with E-state index in [2.05, 4.69) is 27.9 Å². The summed E-state index contributed by atoms with van der Waals surface area (Å²) in [5, 5.41) is 3.12. The molecule has 2 amide bonds. The minimum Gasteiger partial charge on any atom is -0.484 e. The molecular weight excluding hydrogens is 491 g/mol. The minimum absolute atomic E-state index is 0.0856. The van der Waals surface area contributed by atoms with Gasteiger partial charge in [0.15, 0.2) is 6.61 Å². The SMILES string of the molecule is C[C@@H](C(=O)NC1CCCC1)N(CCc1ccccc1)C(=O)COc1ccc(I)cc1. The summed E-state index contributed by atoms with van der Waals surface area (Å²) in [6.07, 6.45) is 5.04. The van der Waals surface area contributed by atoms with Crippen LogP contribution < -0.4 is 10.1 Å². The van der Waals surface area contributed by atoms with E-state index < -0.39 is 6.04 Å². The van der Waals surface area contributed by atoms with E-state index in [0.717, 1.165) is 34.8 Å². The molecule has 0 bridgehead atoms. The Balaban J connectivity index is 1.64. The highest BCUT2D eigenvalue weighted by atomic mass is 127. The van der Waals surface area contributed by atoms with Crippen molar-refractivity contribution in [3.05, 3.63) is 63.7 Å². The minimum atomic E-state index is -0.540. The number of carbonyl (C=O) groups is 2. The molecule has 1 N–H and O–H groups in total. The summed E-state index contributed by atoms with van der Waals surface area (Å²) < 4.78 is 6.80. The van der Waals surface area contributed by atoms with Crippen molar-refractivity contribution in [1.82, 2.24) is 10.2 Å². The standard InChI is InChI=1S/C24H29IN2O3/c1-18(24(29)26-21-9-5-6-10-21)27(16-15-19-7-3-2-4-8-19)23(28)17-30-22-13-11-20(25)12-14-22/h2-4,7-8,11-14,18,21H,5-6,9-10,15-17H2,1H3,(H,26,29)/t18-/m0/s1. The van der Waals surface area contributed by atoms with Crippen molar-refractivity contribution >= 4 is 34.4 Å². The quantitative estimate of drug-likeness (QED) is 0.505. The number of amides is 2. The Hall–Kier alpha value is -2.09. The third-order valence-corrected chi connectivity index (χ3v) is 6.25. The van der Waals surface area contributed by atoms with E-state index >= 15 is 0 Å².